The van der Waals surface area contributed by atoms with Crippen LogP contribution in [0.2, 0.25) is 0 Å². The standard InChI is InChI=1S/C22H24N2O4/c1-3-14-21(23,20(26)28-4-2)22(27)17-12-8-9-13-18(17)24(19(22)25)15-16-10-6-5-7-11-16/h3,5-13,27H,1,4,14-15,23H2,2H3/t21-,22+/m0/s1. The highest BCUT2D eigenvalue weighted by molar-refractivity contribution is 6.11. The molecule has 2 aromatic rings. The first kappa shape index (κ1) is 19.8. The number of ether oxygens (including phenoxy) is 1. The molecule has 0 unspecified atom stereocenters. The maximum Gasteiger partial charge on any atom is 0.330 e. The average Bonchev–Trinajstić information content (AvgIpc) is 2.92. The summed E-state index contributed by atoms with van der Waals surface area (Å²) in [5.41, 5.74) is 3.82. The second kappa shape index (κ2) is 7.58. The summed E-state index contributed by atoms with van der Waals surface area (Å²) in [6.45, 7) is 5.60. The lowest BCUT2D eigenvalue weighted by Crippen LogP contribution is -2.67. The lowest BCUT2D eigenvalue weighted by Gasteiger charge is -2.38. The van der Waals surface area contributed by atoms with E-state index in [-0.39, 0.29) is 25.1 Å². The van der Waals surface area contributed by atoms with Crippen molar-refractivity contribution in [2.75, 3.05) is 11.5 Å². The van der Waals surface area contributed by atoms with E-state index in [1.165, 1.54) is 11.0 Å². The monoisotopic (exact) mass is 380 g/mol. The zero-order chi connectivity index (χ0) is 20.4. The van der Waals surface area contributed by atoms with Gasteiger partial charge in [0.2, 0.25) is 0 Å². The van der Waals surface area contributed by atoms with Crippen LogP contribution in [-0.2, 0) is 26.5 Å². The summed E-state index contributed by atoms with van der Waals surface area (Å²) in [7, 11) is 0. The van der Waals surface area contributed by atoms with Gasteiger partial charge in [-0.3, -0.25) is 4.79 Å². The number of nitrogens with zero attached hydrogens (tertiary/aromatic N) is 1. The number of rotatable bonds is 7. The third-order valence-corrected chi connectivity index (χ3v) is 5.07. The van der Waals surface area contributed by atoms with Crippen LogP contribution in [0.1, 0.15) is 24.5 Å². The number of benzene rings is 2. The molecule has 0 saturated carbocycles. The number of anilines is 1. The molecule has 0 saturated heterocycles. The highest BCUT2D eigenvalue weighted by Gasteiger charge is 2.64. The summed E-state index contributed by atoms with van der Waals surface area (Å²) in [6.07, 6.45) is 1.28. The number of hydrogen-bond donors (Lipinski definition) is 2. The molecule has 1 amide bonds. The Morgan fingerprint density at radius 3 is 2.54 bits per heavy atom. The number of para-hydroxylation sites is 1. The Morgan fingerprint density at radius 1 is 1.25 bits per heavy atom. The number of hydrogen-bond acceptors (Lipinski definition) is 5. The summed E-state index contributed by atoms with van der Waals surface area (Å²) in [6, 6.07) is 16.2. The molecule has 1 aliphatic rings. The quantitative estimate of drug-likeness (QED) is 0.568. The van der Waals surface area contributed by atoms with E-state index in [0.717, 1.165) is 5.56 Å². The van der Waals surface area contributed by atoms with Crippen LogP contribution in [0.15, 0.2) is 67.3 Å². The van der Waals surface area contributed by atoms with Gasteiger partial charge in [-0.15, -0.1) is 6.58 Å². The lowest BCUT2D eigenvalue weighted by molar-refractivity contribution is -0.168. The normalized spacial score (nSPS) is 20.4. The van der Waals surface area contributed by atoms with Crippen molar-refractivity contribution in [2.24, 2.45) is 5.73 Å². The molecular weight excluding hydrogens is 356 g/mol. The van der Waals surface area contributed by atoms with E-state index in [9.17, 15) is 14.7 Å². The van der Waals surface area contributed by atoms with Crippen LogP contribution in [0.3, 0.4) is 0 Å². The first-order chi connectivity index (χ1) is 13.4. The average molecular weight is 380 g/mol. The van der Waals surface area contributed by atoms with Gasteiger partial charge >= 0.3 is 5.97 Å². The highest BCUT2D eigenvalue weighted by Crippen LogP contribution is 2.47. The fourth-order valence-corrected chi connectivity index (χ4v) is 3.66. The Hall–Kier alpha value is -2.96. The molecule has 0 aromatic heterocycles. The number of amides is 1. The number of nitrogens with two attached hydrogens (primary N) is 1. The van der Waals surface area contributed by atoms with Gasteiger partial charge in [0.15, 0.2) is 11.1 Å². The summed E-state index contributed by atoms with van der Waals surface area (Å²) in [4.78, 5) is 27.7. The van der Waals surface area contributed by atoms with Gasteiger partial charge in [0, 0.05) is 5.56 Å². The van der Waals surface area contributed by atoms with Gasteiger partial charge in [0.1, 0.15) is 0 Å². The maximum atomic E-state index is 13.5. The fourth-order valence-electron chi connectivity index (χ4n) is 3.66. The predicted octanol–water partition coefficient (Wildman–Crippen LogP) is 2.26. The molecular formula is C22H24N2O4. The third-order valence-electron chi connectivity index (χ3n) is 5.07. The van der Waals surface area contributed by atoms with Crippen LogP contribution in [0.25, 0.3) is 0 Å². The van der Waals surface area contributed by atoms with E-state index in [1.54, 1.807) is 31.2 Å². The topological polar surface area (TPSA) is 92.9 Å². The number of carbonyl (C=O) groups excluding carboxylic acids is 2. The van der Waals surface area contributed by atoms with Crippen LogP contribution in [0.5, 0.6) is 0 Å². The highest BCUT2D eigenvalue weighted by atomic mass is 16.5. The van der Waals surface area contributed by atoms with E-state index < -0.39 is 23.0 Å². The van der Waals surface area contributed by atoms with E-state index in [0.29, 0.717) is 5.69 Å². The summed E-state index contributed by atoms with van der Waals surface area (Å²) >= 11 is 0. The maximum absolute atomic E-state index is 13.5. The van der Waals surface area contributed by atoms with Crippen molar-refractivity contribution >= 4 is 17.6 Å². The van der Waals surface area contributed by atoms with Gasteiger partial charge in [-0.05, 0) is 25.0 Å². The Labute approximate surface area is 164 Å². The minimum absolute atomic E-state index is 0.0779. The van der Waals surface area contributed by atoms with Crippen molar-refractivity contribution in [1.29, 1.82) is 0 Å². The predicted molar refractivity (Wildman–Crippen MR) is 106 cm³/mol. The smallest absolute Gasteiger partial charge is 0.330 e. The SMILES string of the molecule is C=CC[C@](N)(C(=O)OCC)[C@]1(O)C(=O)N(Cc2ccccc2)c2ccccc21. The zero-order valence-corrected chi connectivity index (χ0v) is 15.8. The first-order valence-electron chi connectivity index (χ1n) is 9.15. The van der Waals surface area contributed by atoms with Crippen molar-refractivity contribution in [3.63, 3.8) is 0 Å². The van der Waals surface area contributed by atoms with Crippen LogP contribution in [-0.4, -0.2) is 29.1 Å². The fraction of sp³-hybridized carbons (Fsp3) is 0.273. The molecule has 1 aliphatic heterocycles. The van der Waals surface area contributed by atoms with Gasteiger partial charge in [-0.1, -0.05) is 54.6 Å². The van der Waals surface area contributed by atoms with Gasteiger partial charge < -0.3 is 20.5 Å². The van der Waals surface area contributed by atoms with Crippen LogP contribution in [0.4, 0.5) is 5.69 Å². The molecule has 28 heavy (non-hydrogen) atoms. The first-order valence-corrected chi connectivity index (χ1v) is 9.15. The van der Waals surface area contributed by atoms with Crippen LogP contribution < -0.4 is 10.6 Å². The van der Waals surface area contributed by atoms with Gasteiger partial charge in [-0.25, -0.2) is 4.79 Å². The van der Waals surface area contributed by atoms with Gasteiger partial charge in [0.25, 0.3) is 5.91 Å². The number of carbonyl (C=O) groups is 2. The lowest BCUT2D eigenvalue weighted by atomic mass is 9.74. The van der Waals surface area contributed by atoms with E-state index in [4.69, 9.17) is 10.5 Å². The Bertz CT molecular complexity index is 898. The summed E-state index contributed by atoms with van der Waals surface area (Å²) in [5, 5.41) is 11.6. The van der Waals surface area contributed by atoms with E-state index in [2.05, 4.69) is 6.58 Å². The number of esters is 1. The summed E-state index contributed by atoms with van der Waals surface area (Å²) in [5.74, 6) is -1.50. The minimum atomic E-state index is -2.27. The van der Waals surface area contributed by atoms with E-state index in [1.807, 2.05) is 30.3 Å². The Kier molecular flexibility index (Phi) is 5.36. The van der Waals surface area contributed by atoms with Crippen molar-refractivity contribution in [1.82, 2.24) is 0 Å². The second-order valence-corrected chi connectivity index (χ2v) is 6.79. The molecule has 2 aromatic carbocycles. The molecule has 146 valence electrons. The molecule has 2 atom stereocenters. The molecule has 0 radical (unpaired) electrons. The molecule has 1 heterocycles. The molecule has 6 heteroatoms. The molecule has 0 spiro atoms. The molecule has 3 rings (SSSR count). The van der Waals surface area contributed by atoms with Crippen molar-refractivity contribution in [2.45, 2.75) is 31.0 Å². The van der Waals surface area contributed by atoms with Gasteiger partial charge in [0.05, 0.1) is 18.8 Å². The largest absolute Gasteiger partial charge is 0.465 e. The molecule has 6 nitrogen and oxygen atoms in total. The Balaban J connectivity index is 2.13. The van der Waals surface area contributed by atoms with Gasteiger partial charge in [-0.2, -0.15) is 0 Å². The van der Waals surface area contributed by atoms with Crippen LogP contribution in [0, 0.1) is 0 Å². The molecule has 0 bridgehead atoms. The molecule has 0 fully saturated rings. The molecule has 0 aliphatic carbocycles. The minimum Gasteiger partial charge on any atom is -0.465 e. The van der Waals surface area contributed by atoms with Crippen LogP contribution >= 0.6 is 0 Å². The van der Waals surface area contributed by atoms with Crippen molar-refractivity contribution in [3.05, 3.63) is 78.4 Å². The summed E-state index contributed by atoms with van der Waals surface area (Å²) < 4.78 is 5.11. The number of aliphatic hydroxyl groups is 1. The Morgan fingerprint density at radius 2 is 1.89 bits per heavy atom. The molecule has 3 N–H and O–H groups in total. The van der Waals surface area contributed by atoms with Crippen molar-refractivity contribution < 1.29 is 19.4 Å². The number of fused-ring (bicyclic) bond motifs is 1. The zero-order valence-electron chi connectivity index (χ0n) is 15.8. The van der Waals surface area contributed by atoms with Crippen molar-refractivity contribution in [3.8, 4) is 0 Å². The third kappa shape index (κ3) is 2.91. The van der Waals surface area contributed by atoms with E-state index >= 15 is 0 Å². The second-order valence-electron chi connectivity index (χ2n) is 6.79.